The summed E-state index contributed by atoms with van der Waals surface area (Å²) in [7, 11) is -3.70. The van der Waals surface area contributed by atoms with Crippen molar-refractivity contribution >= 4 is 39.1 Å². The zero-order chi connectivity index (χ0) is 23.4. The first-order chi connectivity index (χ1) is 15.2. The SMILES string of the molecule is CCN(CC)S(=O)(=O)c1ccc(Cl)c(C(=O)NCC2(c3ccc(Cl)cc3)CCOCC2)c1. The molecule has 1 heterocycles. The van der Waals surface area contributed by atoms with Gasteiger partial charge in [-0.3, -0.25) is 4.79 Å². The molecule has 3 rings (SSSR count). The van der Waals surface area contributed by atoms with E-state index in [1.54, 1.807) is 13.8 Å². The van der Waals surface area contributed by atoms with Crippen molar-refractivity contribution in [2.75, 3.05) is 32.8 Å². The van der Waals surface area contributed by atoms with Gasteiger partial charge in [0, 0.05) is 43.3 Å². The highest BCUT2D eigenvalue weighted by Gasteiger charge is 2.35. The molecule has 2 aromatic carbocycles. The van der Waals surface area contributed by atoms with Gasteiger partial charge in [-0.25, -0.2) is 8.42 Å². The van der Waals surface area contributed by atoms with Gasteiger partial charge in [0.1, 0.15) is 0 Å². The van der Waals surface area contributed by atoms with Gasteiger partial charge in [-0.2, -0.15) is 4.31 Å². The fourth-order valence-corrected chi connectivity index (χ4v) is 5.84. The van der Waals surface area contributed by atoms with Crippen molar-refractivity contribution in [1.82, 2.24) is 9.62 Å². The Hall–Kier alpha value is -1.64. The number of hydrogen-bond donors (Lipinski definition) is 1. The number of benzene rings is 2. The maximum atomic E-state index is 13.1. The number of amides is 1. The summed E-state index contributed by atoms with van der Waals surface area (Å²) in [5, 5.41) is 3.83. The van der Waals surface area contributed by atoms with Crippen molar-refractivity contribution < 1.29 is 17.9 Å². The Morgan fingerprint density at radius 2 is 1.69 bits per heavy atom. The maximum absolute atomic E-state index is 13.1. The molecule has 0 aromatic heterocycles. The summed E-state index contributed by atoms with van der Waals surface area (Å²) < 4.78 is 32.6. The molecule has 1 amide bonds. The number of nitrogens with zero attached hydrogens (tertiary/aromatic N) is 1. The first-order valence-corrected chi connectivity index (χ1v) is 12.8. The normalized spacial score (nSPS) is 16.2. The van der Waals surface area contributed by atoms with Crippen LogP contribution in [0.15, 0.2) is 47.4 Å². The van der Waals surface area contributed by atoms with Gasteiger partial charge >= 0.3 is 0 Å². The lowest BCUT2D eigenvalue weighted by Crippen LogP contribution is -2.44. The van der Waals surface area contributed by atoms with Gasteiger partial charge in [0.05, 0.1) is 15.5 Å². The average molecular weight is 499 g/mol. The van der Waals surface area contributed by atoms with Gasteiger partial charge in [-0.05, 0) is 48.7 Å². The number of sulfonamides is 1. The number of halogens is 2. The molecule has 0 atom stereocenters. The monoisotopic (exact) mass is 498 g/mol. The van der Waals surface area contributed by atoms with Crippen LogP contribution in [-0.2, 0) is 20.2 Å². The number of hydrogen-bond acceptors (Lipinski definition) is 4. The van der Waals surface area contributed by atoms with Crippen molar-refractivity contribution in [2.24, 2.45) is 0 Å². The Morgan fingerprint density at radius 1 is 1.06 bits per heavy atom. The quantitative estimate of drug-likeness (QED) is 0.581. The fraction of sp³-hybridized carbons (Fsp3) is 0.435. The lowest BCUT2D eigenvalue weighted by molar-refractivity contribution is 0.0487. The minimum atomic E-state index is -3.70. The van der Waals surface area contributed by atoms with Crippen molar-refractivity contribution in [2.45, 2.75) is 37.0 Å². The van der Waals surface area contributed by atoms with Gasteiger partial charge in [0.25, 0.3) is 5.91 Å². The lowest BCUT2D eigenvalue weighted by atomic mass is 9.74. The minimum Gasteiger partial charge on any atom is -0.381 e. The topological polar surface area (TPSA) is 75.7 Å². The minimum absolute atomic E-state index is 0.0502. The van der Waals surface area contributed by atoms with E-state index in [1.165, 1.54) is 22.5 Å². The molecule has 6 nitrogen and oxygen atoms in total. The summed E-state index contributed by atoms with van der Waals surface area (Å²) in [5.74, 6) is -0.411. The molecule has 1 fully saturated rings. The van der Waals surface area contributed by atoms with Crippen molar-refractivity contribution in [1.29, 1.82) is 0 Å². The Balaban J connectivity index is 1.85. The van der Waals surface area contributed by atoms with Crippen molar-refractivity contribution in [3.63, 3.8) is 0 Å². The number of carbonyl (C=O) groups is 1. The van der Waals surface area contributed by atoms with Crippen LogP contribution in [0.5, 0.6) is 0 Å². The van der Waals surface area contributed by atoms with E-state index in [0.717, 1.165) is 18.4 Å². The third-order valence-electron chi connectivity index (χ3n) is 6.02. The molecule has 0 aliphatic carbocycles. The molecule has 174 valence electrons. The van der Waals surface area contributed by atoms with E-state index in [4.69, 9.17) is 27.9 Å². The van der Waals surface area contributed by atoms with E-state index in [9.17, 15) is 13.2 Å². The molecule has 9 heteroatoms. The summed E-state index contributed by atoms with van der Waals surface area (Å²) in [4.78, 5) is 13.1. The Morgan fingerprint density at radius 3 is 2.28 bits per heavy atom. The molecule has 1 aliphatic rings. The molecule has 1 aliphatic heterocycles. The Kier molecular flexibility index (Phi) is 8.22. The standard InChI is InChI=1S/C23H28Cl2N2O4S/c1-3-27(4-2)32(29,30)19-9-10-21(25)20(15-19)22(28)26-16-23(11-13-31-14-12-23)17-5-7-18(24)8-6-17/h5-10,15H,3-4,11-14,16H2,1-2H3,(H,26,28). The summed E-state index contributed by atoms with van der Waals surface area (Å²) in [6, 6.07) is 11.9. The predicted molar refractivity (Wildman–Crippen MR) is 127 cm³/mol. The van der Waals surface area contributed by atoms with E-state index in [-0.39, 0.29) is 20.9 Å². The van der Waals surface area contributed by atoms with Gasteiger partial charge < -0.3 is 10.1 Å². The molecule has 32 heavy (non-hydrogen) atoms. The molecule has 1 saturated heterocycles. The highest BCUT2D eigenvalue weighted by atomic mass is 35.5. The fourth-order valence-electron chi connectivity index (χ4n) is 4.03. The summed E-state index contributed by atoms with van der Waals surface area (Å²) in [6.45, 7) is 5.79. The predicted octanol–water partition coefficient (Wildman–Crippen LogP) is 4.50. The number of nitrogens with one attached hydrogen (secondary N) is 1. The van der Waals surface area contributed by atoms with E-state index in [2.05, 4.69) is 5.32 Å². The lowest BCUT2D eigenvalue weighted by Gasteiger charge is -2.38. The number of ether oxygens (including phenoxy) is 1. The second-order valence-corrected chi connectivity index (χ2v) is 10.6. The summed E-state index contributed by atoms with van der Waals surface area (Å²) in [6.07, 6.45) is 1.50. The van der Waals surface area contributed by atoms with Crippen LogP contribution in [-0.4, -0.2) is 51.5 Å². The molecule has 0 radical (unpaired) electrons. The third kappa shape index (κ3) is 5.29. The van der Waals surface area contributed by atoms with Gasteiger partial charge in [0.2, 0.25) is 10.0 Å². The van der Waals surface area contributed by atoms with Gasteiger partial charge in [-0.1, -0.05) is 49.2 Å². The van der Waals surface area contributed by atoms with Crippen LogP contribution in [0.25, 0.3) is 0 Å². The van der Waals surface area contributed by atoms with Crippen LogP contribution in [0.1, 0.15) is 42.6 Å². The Labute approximate surface area is 199 Å². The van der Waals surface area contributed by atoms with Crippen LogP contribution < -0.4 is 5.32 Å². The van der Waals surface area contributed by atoms with Crippen molar-refractivity contribution in [3.05, 3.63) is 63.6 Å². The van der Waals surface area contributed by atoms with E-state index < -0.39 is 15.9 Å². The third-order valence-corrected chi connectivity index (χ3v) is 8.65. The highest BCUT2D eigenvalue weighted by Crippen LogP contribution is 2.35. The first-order valence-electron chi connectivity index (χ1n) is 10.6. The zero-order valence-corrected chi connectivity index (χ0v) is 20.6. The van der Waals surface area contributed by atoms with E-state index in [0.29, 0.717) is 37.9 Å². The van der Waals surface area contributed by atoms with Crippen LogP contribution in [0.2, 0.25) is 10.0 Å². The molecule has 2 aromatic rings. The highest BCUT2D eigenvalue weighted by molar-refractivity contribution is 7.89. The second-order valence-electron chi connectivity index (χ2n) is 7.81. The van der Waals surface area contributed by atoms with E-state index >= 15 is 0 Å². The molecular formula is C23H28Cl2N2O4S. The largest absolute Gasteiger partial charge is 0.381 e. The van der Waals surface area contributed by atoms with Crippen LogP contribution >= 0.6 is 23.2 Å². The number of carbonyl (C=O) groups excluding carboxylic acids is 1. The molecule has 0 unspecified atom stereocenters. The first kappa shape index (κ1) is 25.0. The second kappa shape index (κ2) is 10.5. The summed E-state index contributed by atoms with van der Waals surface area (Å²) >= 11 is 12.3. The summed E-state index contributed by atoms with van der Waals surface area (Å²) in [5.41, 5.74) is 0.920. The molecule has 0 spiro atoms. The van der Waals surface area contributed by atoms with Crippen molar-refractivity contribution in [3.8, 4) is 0 Å². The zero-order valence-electron chi connectivity index (χ0n) is 18.2. The van der Waals surface area contributed by atoms with Crippen LogP contribution in [0.4, 0.5) is 0 Å². The van der Waals surface area contributed by atoms with Crippen LogP contribution in [0, 0.1) is 0 Å². The molecule has 0 saturated carbocycles. The molecule has 1 N–H and O–H groups in total. The van der Waals surface area contributed by atoms with Gasteiger partial charge in [-0.15, -0.1) is 0 Å². The number of rotatable bonds is 8. The van der Waals surface area contributed by atoms with Gasteiger partial charge in [0.15, 0.2) is 0 Å². The maximum Gasteiger partial charge on any atom is 0.252 e. The average Bonchev–Trinajstić information content (AvgIpc) is 2.79. The smallest absolute Gasteiger partial charge is 0.252 e. The molecular weight excluding hydrogens is 471 g/mol. The molecule has 0 bridgehead atoms. The Bertz CT molecular complexity index is 1050. The van der Waals surface area contributed by atoms with Crippen LogP contribution in [0.3, 0.4) is 0 Å². The van der Waals surface area contributed by atoms with E-state index in [1.807, 2.05) is 24.3 Å².